The van der Waals surface area contributed by atoms with Crippen molar-refractivity contribution in [3.63, 3.8) is 0 Å². The van der Waals surface area contributed by atoms with Crippen molar-refractivity contribution in [1.29, 1.82) is 0 Å². The fourth-order valence-electron chi connectivity index (χ4n) is 5.11. The van der Waals surface area contributed by atoms with Crippen LogP contribution in [0.25, 0.3) is 10.9 Å². The van der Waals surface area contributed by atoms with Gasteiger partial charge in [-0.15, -0.1) is 0 Å². The van der Waals surface area contributed by atoms with Crippen molar-refractivity contribution in [2.24, 2.45) is 5.92 Å². The number of methoxy groups -OCH3 is 1. The number of carbonyl (C=O) groups is 2. The number of aliphatic hydroxyl groups is 1. The standard InChI is InChI=1S/C20H22N4O4/c1-28-12-2-3-15-14(9-12)13(4-6-21-15)17(25)16-8-11-5-7-24(16)10-20(11)18(26)22-19(27)23-20/h2-4,6,9,11,16-17,25H,5,7-8,10H2,1H3,(H2,22,23,26,27). The van der Waals surface area contributed by atoms with Crippen molar-refractivity contribution in [3.8, 4) is 5.75 Å². The summed E-state index contributed by atoms with van der Waals surface area (Å²) < 4.78 is 5.33. The topological polar surface area (TPSA) is 104 Å². The molecule has 0 saturated carbocycles. The van der Waals surface area contributed by atoms with Gasteiger partial charge in [-0.25, -0.2) is 4.79 Å². The minimum Gasteiger partial charge on any atom is -0.497 e. The predicted octanol–water partition coefficient (Wildman–Crippen LogP) is 0.949. The number of amides is 3. The van der Waals surface area contributed by atoms with E-state index in [0.29, 0.717) is 18.7 Å². The number of pyridine rings is 1. The first kappa shape index (κ1) is 17.4. The van der Waals surface area contributed by atoms with Crippen LogP contribution in [0.4, 0.5) is 4.79 Å². The molecule has 4 fully saturated rings. The fourth-order valence-corrected chi connectivity index (χ4v) is 5.11. The molecule has 1 spiro atoms. The molecular formula is C20H22N4O4. The highest BCUT2D eigenvalue weighted by atomic mass is 16.5. The van der Waals surface area contributed by atoms with Crippen LogP contribution in [0.15, 0.2) is 30.5 Å². The second-order valence-corrected chi connectivity index (χ2v) is 7.87. The molecule has 0 radical (unpaired) electrons. The lowest BCUT2D eigenvalue weighted by molar-refractivity contribution is -0.137. The molecule has 6 rings (SSSR count). The summed E-state index contributed by atoms with van der Waals surface area (Å²) in [6.07, 6.45) is 2.44. The van der Waals surface area contributed by atoms with Crippen LogP contribution in [0, 0.1) is 5.92 Å². The highest BCUT2D eigenvalue weighted by Crippen LogP contribution is 2.44. The van der Waals surface area contributed by atoms with Gasteiger partial charge in [0.15, 0.2) is 0 Å². The van der Waals surface area contributed by atoms with E-state index in [-0.39, 0.29) is 17.9 Å². The van der Waals surface area contributed by atoms with Crippen molar-refractivity contribution in [1.82, 2.24) is 20.5 Å². The van der Waals surface area contributed by atoms with Gasteiger partial charge in [0.25, 0.3) is 5.91 Å². The first-order valence-corrected chi connectivity index (χ1v) is 9.50. The van der Waals surface area contributed by atoms with Crippen LogP contribution in [0.3, 0.4) is 0 Å². The minimum absolute atomic E-state index is 0.00578. The molecule has 5 heterocycles. The molecule has 4 aliphatic heterocycles. The molecule has 4 aliphatic rings. The number of nitrogens with zero attached hydrogens (tertiary/aromatic N) is 2. The van der Waals surface area contributed by atoms with Gasteiger partial charge in [-0.2, -0.15) is 0 Å². The lowest BCUT2D eigenvalue weighted by Crippen LogP contribution is -2.70. The molecule has 3 amide bonds. The lowest BCUT2D eigenvalue weighted by Gasteiger charge is -2.54. The maximum Gasteiger partial charge on any atom is 0.322 e. The van der Waals surface area contributed by atoms with E-state index in [2.05, 4.69) is 20.5 Å². The Balaban J connectivity index is 1.48. The Hall–Kier alpha value is -2.71. The molecule has 146 valence electrons. The Kier molecular flexibility index (Phi) is 3.82. The van der Waals surface area contributed by atoms with Gasteiger partial charge >= 0.3 is 6.03 Å². The van der Waals surface area contributed by atoms with Crippen LogP contribution in [0.2, 0.25) is 0 Å². The van der Waals surface area contributed by atoms with Gasteiger partial charge in [0, 0.05) is 24.2 Å². The van der Waals surface area contributed by atoms with Crippen molar-refractivity contribution < 1.29 is 19.4 Å². The van der Waals surface area contributed by atoms with Crippen molar-refractivity contribution in [2.45, 2.75) is 30.5 Å². The number of benzene rings is 1. The maximum absolute atomic E-state index is 12.4. The van der Waals surface area contributed by atoms with E-state index >= 15 is 0 Å². The summed E-state index contributed by atoms with van der Waals surface area (Å²) in [5.74, 6) is 0.467. The number of piperidine rings is 3. The number of aliphatic hydroxyl groups excluding tert-OH is 1. The Morgan fingerprint density at radius 2 is 2.21 bits per heavy atom. The number of ether oxygens (including phenoxy) is 1. The Labute approximate surface area is 161 Å². The molecule has 0 aliphatic carbocycles. The van der Waals surface area contributed by atoms with Gasteiger partial charge in [-0.05, 0) is 55.1 Å². The number of fused-ring (bicyclic) bond motifs is 3. The number of hydrogen-bond donors (Lipinski definition) is 3. The molecule has 2 bridgehead atoms. The molecule has 1 aromatic carbocycles. The van der Waals surface area contributed by atoms with Crippen LogP contribution in [-0.2, 0) is 4.79 Å². The zero-order chi connectivity index (χ0) is 19.5. The summed E-state index contributed by atoms with van der Waals surface area (Å²) in [5.41, 5.74) is 0.734. The van der Waals surface area contributed by atoms with E-state index in [1.54, 1.807) is 13.3 Å². The summed E-state index contributed by atoms with van der Waals surface area (Å²) >= 11 is 0. The van der Waals surface area contributed by atoms with Crippen LogP contribution in [-0.4, -0.2) is 58.7 Å². The molecule has 1 aromatic heterocycles. The summed E-state index contributed by atoms with van der Waals surface area (Å²) in [6, 6.07) is 6.92. The molecule has 3 N–H and O–H groups in total. The second kappa shape index (κ2) is 6.15. The summed E-state index contributed by atoms with van der Waals surface area (Å²) in [7, 11) is 1.61. The third-order valence-electron chi connectivity index (χ3n) is 6.54. The van der Waals surface area contributed by atoms with Crippen molar-refractivity contribution in [2.75, 3.05) is 20.2 Å². The minimum atomic E-state index is -0.866. The Morgan fingerprint density at radius 3 is 2.89 bits per heavy atom. The van der Waals surface area contributed by atoms with E-state index in [4.69, 9.17) is 4.74 Å². The number of rotatable bonds is 3. The Morgan fingerprint density at radius 1 is 1.36 bits per heavy atom. The van der Waals surface area contributed by atoms with Gasteiger partial charge in [0.05, 0.1) is 18.7 Å². The summed E-state index contributed by atoms with van der Waals surface area (Å²) in [5, 5.41) is 17.4. The molecular weight excluding hydrogens is 360 g/mol. The SMILES string of the molecule is COc1ccc2nccc(C(O)C3CC4CCN3CC43NC(=O)NC3=O)c2c1. The highest BCUT2D eigenvalue weighted by Gasteiger charge is 2.59. The number of aromatic nitrogens is 1. The third-order valence-corrected chi connectivity index (χ3v) is 6.54. The predicted molar refractivity (Wildman–Crippen MR) is 101 cm³/mol. The quantitative estimate of drug-likeness (QED) is 0.683. The van der Waals surface area contributed by atoms with E-state index in [9.17, 15) is 14.7 Å². The van der Waals surface area contributed by atoms with Crippen molar-refractivity contribution >= 4 is 22.8 Å². The first-order valence-electron chi connectivity index (χ1n) is 9.50. The molecule has 8 nitrogen and oxygen atoms in total. The number of hydrogen-bond acceptors (Lipinski definition) is 6. The maximum atomic E-state index is 12.4. The van der Waals surface area contributed by atoms with Crippen molar-refractivity contribution in [3.05, 3.63) is 36.0 Å². The summed E-state index contributed by atoms with van der Waals surface area (Å²) in [4.78, 5) is 30.7. The first-order chi connectivity index (χ1) is 13.5. The van der Waals surface area contributed by atoms with E-state index in [1.165, 1.54) is 0 Å². The second-order valence-electron chi connectivity index (χ2n) is 7.87. The molecule has 28 heavy (non-hydrogen) atoms. The van der Waals surface area contributed by atoms with Crippen LogP contribution >= 0.6 is 0 Å². The van der Waals surface area contributed by atoms with Gasteiger partial charge in [0.1, 0.15) is 11.3 Å². The van der Waals surface area contributed by atoms with E-state index in [1.807, 2.05) is 24.3 Å². The van der Waals surface area contributed by atoms with Gasteiger partial charge < -0.3 is 15.2 Å². The molecule has 5 atom stereocenters. The number of carbonyl (C=O) groups excluding carboxylic acids is 2. The molecule has 5 unspecified atom stereocenters. The molecule has 8 heteroatoms. The van der Waals surface area contributed by atoms with Gasteiger partial charge in [-0.1, -0.05) is 0 Å². The average molecular weight is 382 g/mol. The zero-order valence-corrected chi connectivity index (χ0v) is 15.5. The number of nitrogens with one attached hydrogen (secondary N) is 2. The summed E-state index contributed by atoms with van der Waals surface area (Å²) in [6.45, 7) is 1.22. The fraction of sp³-hybridized carbons (Fsp3) is 0.450. The van der Waals surface area contributed by atoms with E-state index in [0.717, 1.165) is 29.4 Å². The molecule has 2 aromatic rings. The van der Waals surface area contributed by atoms with Crippen LogP contribution in [0.1, 0.15) is 24.5 Å². The third kappa shape index (κ3) is 2.41. The smallest absolute Gasteiger partial charge is 0.322 e. The number of imide groups is 1. The lowest BCUT2D eigenvalue weighted by atomic mass is 9.68. The van der Waals surface area contributed by atoms with Crippen LogP contribution in [0.5, 0.6) is 5.75 Å². The Bertz CT molecular complexity index is 980. The van der Waals surface area contributed by atoms with Crippen LogP contribution < -0.4 is 15.4 Å². The largest absolute Gasteiger partial charge is 0.497 e. The number of urea groups is 1. The zero-order valence-electron chi connectivity index (χ0n) is 15.5. The van der Waals surface area contributed by atoms with Gasteiger partial charge in [-0.3, -0.25) is 20.0 Å². The molecule has 4 saturated heterocycles. The van der Waals surface area contributed by atoms with E-state index < -0.39 is 17.7 Å². The average Bonchev–Trinajstić information content (AvgIpc) is 2.99. The highest BCUT2D eigenvalue weighted by molar-refractivity contribution is 6.07. The van der Waals surface area contributed by atoms with Gasteiger partial charge in [0.2, 0.25) is 0 Å². The normalized spacial score (nSPS) is 32.4. The monoisotopic (exact) mass is 382 g/mol.